The van der Waals surface area contributed by atoms with Crippen molar-refractivity contribution in [1.29, 1.82) is 0 Å². The molecule has 1 aromatic rings. The normalized spacial score (nSPS) is 13.9. The first-order valence-corrected chi connectivity index (χ1v) is 7.87. The number of nitro groups is 1. The molecule has 1 aromatic carbocycles. The number of anilines is 1. The van der Waals surface area contributed by atoms with Crippen molar-refractivity contribution in [2.45, 2.75) is 30.3 Å². The molecule has 0 saturated heterocycles. The second kappa shape index (κ2) is 6.71. The topological polar surface area (TPSA) is 110 Å². The SMILES string of the molecule is CC(C)[C@@H](CO)Nc1ccc(S(=O)(=O)C(F)(F)F)cc1[N+](=O)[O-]. The molecule has 0 unspecified atom stereocenters. The van der Waals surface area contributed by atoms with Gasteiger partial charge in [0.2, 0.25) is 0 Å². The number of aliphatic hydroxyl groups excluding tert-OH is 1. The third-order valence-corrected chi connectivity index (χ3v) is 4.61. The Hall–Kier alpha value is -1.88. The number of nitrogens with zero attached hydrogens (tertiary/aromatic N) is 1. The standard InChI is InChI=1S/C12H15F3N2O5S/c1-7(2)10(6-18)16-9-4-3-8(5-11(9)17(19)20)23(21,22)12(13,14)15/h3-5,7,10,16,18H,6H2,1-2H3/t10-/m1/s1. The highest BCUT2D eigenvalue weighted by molar-refractivity contribution is 7.92. The Morgan fingerprint density at radius 1 is 1.35 bits per heavy atom. The van der Waals surface area contributed by atoms with E-state index >= 15 is 0 Å². The molecule has 0 heterocycles. The maximum Gasteiger partial charge on any atom is 0.501 e. The van der Waals surface area contributed by atoms with Gasteiger partial charge in [-0.3, -0.25) is 10.1 Å². The number of hydrogen-bond donors (Lipinski definition) is 2. The highest BCUT2D eigenvalue weighted by atomic mass is 32.2. The molecule has 130 valence electrons. The van der Waals surface area contributed by atoms with Gasteiger partial charge in [0, 0.05) is 6.07 Å². The summed E-state index contributed by atoms with van der Waals surface area (Å²) in [7, 11) is -5.68. The first-order valence-electron chi connectivity index (χ1n) is 6.39. The lowest BCUT2D eigenvalue weighted by Crippen LogP contribution is -2.30. The average Bonchev–Trinajstić information content (AvgIpc) is 2.42. The zero-order valence-electron chi connectivity index (χ0n) is 12.2. The number of rotatable bonds is 6. The zero-order valence-corrected chi connectivity index (χ0v) is 13.0. The minimum Gasteiger partial charge on any atom is -0.394 e. The highest BCUT2D eigenvalue weighted by Crippen LogP contribution is 2.35. The Balaban J connectivity index is 3.37. The van der Waals surface area contributed by atoms with E-state index in [4.69, 9.17) is 0 Å². The lowest BCUT2D eigenvalue weighted by atomic mass is 10.0. The van der Waals surface area contributed by atoms with Gasteiger partial charge >= 0.3 is 5.51 Å². The Kier molecular flexibility index (Phi) is 5.59. The summed E-state index contributed by atoms with van der Waals surface area (Å²) in [6, 6.07) is 1.27. The van der Waals surface area contributed by atoms with Gasteiger partial charge in [0.15, 0.2) is 0 Å². The van der Waals surface area contributed by atoms with E-state index in [1.165, 1.54) is 0 Å². The van der Waals surface area contributed by atoms with Crippen LogP contribution in [0.2, 0.25) is 0 Å². The number of benzene rings is 1. The molecular weight excluding hydrogens is 341 g/mol. The molecule has 0 aromatic heterocycles. The van der Waals surface area contributed by atoms with Gasteiger partial charge in [-0.25, -0.2) is 8.42 Å². The van der Waals surface area contributed by atoms with Gasteiger partial charge in [0.25, 0.3) is 15.5 Å². The van der Waals surface area contributed by atoms with Crippen LogP contribution in [0.3, 0.4) is 0 Å². The van der Waals surface area contributed by atoms with Crippen LogP contribution in [0.5, 0.6) is 0 Å². The number of hydrogen-bond acceptors (Lipinski definition) is 6. The molecule has 7 nitrogen and oxygen atoms in total. The molecule has 1 atom stereocenters. The highest BCUT2D eigenvalue weighted by Gasteiger charge is 2.47. The van der Waals surface area contributed by atoms with Crippen molar-refractivity contribution in [2.75, 3.05) is 11.9 Å². The van der Waals surface area contributed by atoms with Crippen molar-refractivity contribution in [2.24, 2.45) is 5.92 Å². The molecule has 2 N–H and O–H groups in total. The van der Waals surface area contributed by atoms with Gasteiger partial charge < -0.3 is 10.4 Å². The molecule has 0 aliphatic carbocycles. The molecule has 11 heteroatoms. The molecule has 23 heavy (non-hydrogen) atoms. The zero-order chi connectivity index (χ0) is 18.0. The van der Waals surface area contributed by atoms with Gasteiger partial charge in [-0.15, -0.1) is 0 Å². The molecule has 0 spiro atoms. The fraction of sp³-hybridized carbons (Fsp3) is 0.500. The van der Waals surface area contributed by atoms with Crippen molar-refractivity contribution >= 4 is 21.2 Å². The fourth-order valence-corrected chi connectivity index (χ4v) is 2.49. The van der Waals surface area contributed by atoms with Gasteiger partial charge in [-0.1, -0.05) is 13.8 Å². The molecule has 0 saturated carbocycles. The number of nitrogens with one attached hydrogen (secondary N) is 1. The Labute approximate surface area is 130 Å². The second-order valence-corrected chi connectivity index (χ2v) is 7.00. The summed E-state index contributed by atoms with van der Waals surface area (Å²) >= 11 is 0. The Bertz CT molecular complexity index is 688. The fourth-order valence-electron chi connectivity index (χ4n) is 1.71. The van der Waals surface area contributed by atoms with Crippen LogP contribution in [0.25, 0.3) is 0 Å². The first-order chi connectivity index (χ1) is 10.4. The summed E-state index contributed by atoms with van der Waals surface area (Å²) in [6.07, 6.45) is 0. The molecule has 0 bridgehead atoms. The van der Waals surface area contributed by atoms with Crippen LogP contribution in [0.4, 0.5) is 24.5 Å². The molecule has 0 aliphatic rings. The predicted octanol–water partition coefficient (Wildman–Crippen LogP) is 2.32. The number of alkyl halides is 3. The van der Waals surface area contributed by atoms with E-state index in [1.807, 2.05) is 0 Å². The first kappa shape index (κ1) is 19.2. The van der Waals surface area contributed by atoms with Crippen molar-refractivity contribution in [3.05, 3.63) is 28.3 Å². The smallest absolute Gasteiger partial charge is 0.394 e. The van der Waals surface area contributed by atoms with E-state index in [2.05, 4.69) is 5.32 Å². The van der Waals surface area contributed by atoms with Gasteiger partial charge in [-0.05, 0) is 18.1 Å². The van der Waals surface area contributed by atoms with Crippen molar-refractivity contribution in [1.82, 2.24) is 0 Å². The van der Waals surface area contributed by atoms with Crippen LogP contribution in [0.15, 0.2) is 23.1 Å². The van der Waals surface area contributed by atoms with Crippen LogP contribution in [0, 0.1) is 16.0 Å². The third kappa shape index (κ3) is 4.10. The second-order valence-electron chi connectivity index (χ2n) is 5.06. The molecule has 0 aliphatic heterocycles. The Morgan fingerprint density at radius 3 is 2.30 bits per heavy atom. The quantitative estimate of drug-likeness (QED) is 0.598. The lowest BCUT2D eigenvalue weighted by molar-refractivity contribution is -0.384. The van der Waals surface area contributed by atoms with Gasteiger partial charge in [-0.2, -0.15) is 13.2 Å². The van der Waals surface area contributed by atoms with E-state index in [1.54, 1.807) is 13.8 Å². The summed E-state index contributed by atoms with van der Waals surface area (Å²) in [5.74, 6) is -0.127. The summed E-state index contributed by atoms with van der Waals surface area (Å²) in [6.45, 7) is 3.09. The maximum absolute atomic E-state index is 12.5. The predicted molar refractivity (Wildman–Crippen MR) is 75.7 cm³/mol. The van der Waals surface area contributed by atoms with Crippen LogP contribution < -0.4 is 5.32 Å². The maximum atomic E-state index is 12.5. The number of aliphatic hydroxyl groups is 1. The largest absolute Gasteiger partial charge is 0.501 e. The third-order valence-electron chi connectivity index (χ3n) is 3.12. The van der Waals surface area contributed by atoms with E-state index in [-0.39, 0.29) is 18.2 Å². The average molecular weight is 356 g/mol. The Morgan fingerprint density at radius 2 is 1.91 bits per heavy atom. The van der Waals surface area contributed by atoms with Crippen LogP contribution in [0.1, 0.15) is 13.8 Å². The lowest BCUT2D eigenvalue weighted by Gasteiger charge is -2.21. The summed E-state index contributed by atoms with van der Waals surface area (Å²) in [5, 5.41) is 22.8. The van der Waals surface area contributed by atoms with Crippen molar-refractivity contribution in [3.8, 4) is 0 Å². The monoisotopic (exact) mass is 356 g/mol. The van der Waals surface area contributed by atoms with E-state index in [0.29, 0.717) is 12.1 Å². The molecular formula is C12H15F3N2O5S. The molecule has 0 fully saturated rings. The van der Waals surface area contributed by atoms with Crippen molar-refractivity contribution in [3.63, 3.8) is 0 Å². The minimum atomic E-state index is -5.68. The van der Waals surface area contributed by atoms with Gasteiger partial charge in [0.05, 0.1) is 22.5 Å². The van der Waals surface area contributed by atoms with Crippen LogP contribution in [-0.4, -0.2) is 36.6 Å². The molecule has 0 radical (unpaired) electrons. The van der Waals surface area contributed by atoms with E-state index in [0.717, 1.165) is 6.07 Å². The van der Waals surface area contributed by atoms with Crippen LogP contribution in [-0.2, 0) is 9.84 Å². The molecule has 0 amide bonds. The summed E-state index contributed by atoms with van der Waals surface area (Å²) in [4.78, 5) is 8.81. The molecule has 1 rings (SSSR count). The number of sulfone groups is 1. The van der Waals surface area contributed by atoms with E-state index < -0.39 is 36.9 Å². The number of halogens is 3. The number of nitro benzene ring substituents is 1. The van der Waals surface area contributed by atoms with E-state index in [9.17, 15) is 36.8 Å². The van der Waals surface area contributed by atoms with Crippen LogP contribution >= 0.6 is 0 Å². The summed E-state index contributed by atoms with van der Waals surface area (Å²) < 4.78 is 60.2. The van der Waals surface area contributed by atoms with Gasteiger partial charge in [0.1, 0.15) is 5.69 Å². The minimum absolute atomic E-state index is 0.127. The van der Waals surface area contributed by atoms with Crippen molar-refractivity contribution < 1.29 is 31.6 Å². The summed E-state index contributed by atoms with van der Waals surface area (Å²) in [5.41, 5.74) is -6.56.